The number of fused-ring (bicyclic) bond motifs is 7. The Morgan fingerprint density at radius 3 is 2.03 bits per heavy atom. The molecule has 2 atom stereocenters. The summed E-state index contributed by atoms with van der Waals surface area (Å²) >= 11 is 2.55. The van der Waals surface area contributed by atoms with Gasteiger partial charge in [0.15, 0.2) is 0 Å². The predicted molar refractivity (Wildman–Crippen MR) is 293 cm³/mol. The second-order valence-corrected chi connectivity index (χ2v) is 21.7. The molecular formula is C66H56N4OPt. The summed E-state index contributed by atoms with van der Waals surface area (Å²) in [6, 6.07) is 66.0. The molecule has 3 heterocycles. The maximum atomic E-state index is 8.71. The van der Waals surface area contributed by atoms with Crippen molar-refractivity contribution in [1.29, 1.82) is 0 Å². The van der Waals surface area contributed by atoms with Crippen LogP contribution in [0.15, 0.2) is 194 Å². The van der Waals surface area contributed by atoms with E-state index in [-0.39, 0.29) is 11.0 Å². The normalized spacial score (nSPS) is 16.4. The summed E-state index contributed by atoms with van der Waals surface area (Å²) in [4.78, 5) is 5.00. The molecule has 6 heteroatoms. The van der Waals surface area contributed by atoms with E-state index in [2.05, 4.69) is 193 Å². The van der Waals surface area contributed by atoms with E-state index in [1.165, 1.54) is 64.8 Å². The Morgan fingerprint density at radius 1 is 0.583 bits per heavy atom. The van der Waals surface area contributed by atoms with Crippen LogP contribution in [0.1, 0.15) is 78.7 Å². The molecular weight excluding hydrogens is 1060 g/mol. The van der Waals surface area contributed by atoms with Gasteiger partial charge in [0.05, 0.1) is 0 Å². The van der Waals surface area contributed by atoms with Crippen LogP contribution in [0.25, 0.3) is 83.4 Å². The summed E-state index contributed by atoms with van der Waals surface area (Å²) in [6.07, 6.45) is 7.90. The number of para-hydroxylation sites is 3. The average Bonchev–Trinajstić information content (AvgIpc) is 4.14. The number of ether oxygens (including phenoxy) is 1. The van der Waals surface area contributed by atoms with Crippen molar-refractivity contribution in [2.24, 2.45) is 5.92 Å². The van der Waals surface area contributed by atoms with Crippen molar-refractivity contribution in [3.8, 4) is 62.1 Å². The molecule has 0 spiro atoms. The molecule has 8 aromatic carbocycles. The summed E-state index contributed by atoms with van der Waals surface area (Å²) in [5.41, 5.74) is 17.1. The molecule has 72 heavy (non-hydrogen) atoms. The molecule has 0 amide bonds. The van der Waals surface area contributed by atoms with Gasteiger partial charge in [-0.15, -0.1) is 0 Å². The average molecular weight is 1120 g/mol. The second-order valence-electron chi connectivity index (χ2n) is 20.7. The number of nitrogens with zero attached hydrogens (tertiary/aromatic N) is 4. The van der Waals surface area contributed by atoms with E-state index in [1.807, 2.05) is 42.5 Å². The molecule has 11 aromatic rings. The van der Waals surface area contributed by atoms with Gasteiger partial charge in [-0.25, -0.2) is 0 Å². The van der Waals surface area contributed by atoms with Gasteiger partial charge in [0.25, 0.3) is 0 Å². The first-order valence-electron chi connectivity index (χ1n) is 26.8. The topological polar surface area (TPSA) is 36.9 Å². The molecule has 3 aromatic heterocycles. The first-order chi connectivity index (χ1) is 36.4. The van der Waals surface area contributed by atoms with Gasteiger partial charge in [0, 0.05) is 15.9 Å². The van der Waals surface area contributed by atoms with Gasteiger partial charge in [-0.2, -0.15) is 0 Å². The van der Waals surface area contributed by atoms with Crippen LogP contribution in [0.2, 0.25) is 0 Å². The number of hydrogen-bond donors (Lipinski definition) is 0. The van der Waals surface area contributed by atoms with Crippen LogP contribution in [0.5, 0.6) is 11.5 Å². The number of aryl methyl sites for hydroxylation is 1. The minimum atomic E-state index is -2.38. The van der Waals surface area contributed by atoms with Crippen LogP contribution in [0.4, 0.5) is 0 Å². The zero-order chi connectivity index (χ0) is 51.2. The smallest absolute Gasteiger partial charge is 0.0579 e. The number of hydrogen-bond acceptors (Lipinski definition) is 2. The van der Waals surface area contributed by atoms with Crippen molar-refractivity contribution in [3.05, 3.63) is 220 Å². The Balaban J connectivity index is 0.933. The molecule has 1 fully saturated rings. The molecule has 0 bridgehead atoms. The van der Waals surface area contributed by atoms with Crippen LogP contribution in [0.3, 0.4) is 0 Å². The fourth-order valence-corrected chi connectivity index (χ4v) is 13.1. The molecule has 5 nitrogen and oxygen atoms in total. The van der Waals surface area contributed by atoms with E-state index in [0.29, 0.717) is 28.8 Å². The third-order valence-electron chi connectivity index (χ3n) is 15.5. The van der Waals surface area contributed by atoms with Crippen LogP contribution in [-0.4, -0.2) is 18.7 Å². The molecule has 0 radical (unpaired) electrons. The van der Waals surface area contributed by atoms with E-state index < -0.39 is 6.85 Å². The Labute approximate surface area is 436 Å². The fourth-order valence-electron chi connectivity index (χ4n) is 12.0. The van der Waals surface area contributed by atoms with Crippen molar-refractivity contribution in [2.75, 3.05) is 0 Å². The Bertz CT molecular complexity index is 4070. The first-order valence-corrected chi connectivity index (χ1v) is 26.4. The quantitative estimate of drug-likeness (QED) is 0.152. The van der Waals surface area contributed by atoms with Crippen molar-refractivity contribution in [1.82, 2.24) is 18.7 Å². The minimum Gasteiger partial charge on any atom is -0.0579 e. The second kappa shape index (κ2) is 17.8. The number of benzene rings is 8. The van der Waals surface area contributed by atoms with E-state index in [4.69, 9.17) is 13.8 Å². The van der Waals surface area contributed by atoms with Crippen LogP contribution in [-0.2, 0) is 31.2 Å². The molecule has 0 N–H and O–H groups in total. The zero-order valence-electron chi connectivity index (χ0n) is 43.7. The molecule has 356 valence electrons. The zero-order valence-corrected chi connectivity index (χ0v) is 43.0. The number of rotatable bonds is 8. The molecule has 2 aliphatic rings. The van der Waals surface area contributed by atoms with Gasteiger partial charge in [-0.05, 0) is 29.0 Å². The monoisotopic (exact) mass is 1120 g/mol. The minimum absolute atomic E-state index is 0.0299. The molecule has 0 aliphatic heterocycles. The third kappa shape index (κ3) is 7.55. The van der Waals surface area contributed by atoms with Crippen molar-refractivity contribution in [3.63, 3.8) is 0 Å². The summed E-state index contributed by atoms with van der Waals surface area (Å²) < 4.78 is 41.0. The SMILES string of the molecule is [2H]C([2H])([2H])c1cc(-n2c3ccccc3c3ccc(Oc4cccc(-n5[c](=[Pt])n(-c6c(-c7ccccc7)cc7c(c6-c6ccccc6)CCC6CCCC76)c6ccccc65)c4)cc32)ncc1-c1ccc(C(C)(C)C)cc1. The van der Waals surface area contributed by atoms with Gasteiger partial charge < -0.3 is 0 Å². The van der Waals surface area contributed by atoms with Crippen molar-refractivity contribution < 1.29 is 28.2 Å². The summed E-state index contributed by atoms with van der Waals surface area (Å²) in [7, 11) is 0. The summed E-state index contributed by atoms with van der Waals surface area (Å²) in [6.45, 7) is 4.14. The molecule has 2 aliphatic carbocycles. The molecule has 13 rings (SSSR count). The third-order valence-corrected chi connectivity index (χ3v) is 16.5. The van der Waals surface area contributed by atoms with Crippen LogP contribution >= 0.6 is 0 Å². The van der Waals surface area contributed by atoms with Crippen LogP contribution in [0, 0.1) is 16.6 Å². The number of pyridine rings is 1. The fraction of sp³-hybridized carbons (Fsp3) is 0.182. The first kappa shape index (κ1) is 41.3. The van der Waals surface area contributed by atoms with Crippen molar-refractivity contribution in [2.45, 2.75) is 71.1 Å². The Morgan fingerprint density at radius 2 is 1.26 bits per heavy atom. The summed E-state index contributed by atoms with van der Waals surface area (Å²) in [5, 5.41) is 2.05. The van der Waals surface area contributed by atoms with Crippen molar-refractivity contribution >= 4 is 32.8 Å². The van der Waals surface area contributed by atoms with Gasteiger partial charge in [-0.1, -0.05) is 57.2 Å². The number of imidazole rings is 1. The van der Waals surface area contributed by atoms with E-state index >= 15 is 0 Å². The molecule has 0 saturated heterocycles. The van der Waals surface area contributed by atoms with Gasteiger partial charge in [-0.3, -0.25) is 0 Å². The summed E-state index contributed by atoms with van der Waals surface area (Å²) in [5.74, 6) is 3.20. The van der Waals surface area contributed by atoms with E-state index in [9.17, 15) is 0 Å². The van der Waals surface area contributed by atoms with E-state index in [1.54, 1.807) is 17.8 Å². The van der Waals surface area contributed by atoms with Gasteiger partial charge >= 0.3 is 337 Å². The van der Waals surface area contributed by atoms with Gasteiger partial charge in [0.2, 0.25) is 0 Å². The Hall–Kier alpha value is -7.33. The van der Waals surface area contributed by atoms with Gasteiger partial charge in [0.1, 0.15) is 0 Å². The van der Waals surface area contributed by atoms with Crippen LogP contribution < -0.4 is 4.74 Å². The maximum absolute atomic E-state index is 8.71. The Kier molecular flexibility index (Phi) is 10.2. The molecule has 2 unspecified atom stereocenters. The predicted octanol–water partition coefficient (Wildman–Crippen LogP) is 17.2. The standard InChI is InChI=1S/C66H56N4O.Pt/c1-43-37-63(67-41-58(43)46-29-32-48(33-30-46)66(2,3)4)70-59-26-12-11-24-53(59)54-36-34-51(39-62(54)70)71-50-23-16-22-49(38-50)68-42-69(61-28-14-13-27-60(61)68)65-56(44-17-7-5-8-18-44)40-57-52-25-15-21-45(52)31-35-55(57)64(65)47-19-9-6-10-20-47;/h5-14,16-20,22-24,26-30,32-34,36-41,45,52H,15,21,25,31,35H2,1-4H3;/i1D3;. The molecule has 1 saturated carbocycles. The number of aromatic nitrogens is 4. The van der Waals surface area contributed by atoms with E-state index in [0.717, 1.165) is 60.2 Å².